The molecule has 118 valence electrons. The Morgan fingerprint density at radius 2 is 1.83 bits per heavy atom. The van der Waals surface area contributed by atoms with Crippen molar-refractivity contribution >= 4 is 29.2 Å². The van der Waals surface area contributed by atoms with Crippen LogP contribution in [0.2, 0.25) is 5.02 Å². The van der Waals surface area contributed by atoms with Crippen LogP contribution >= 0.6 is 11.6 Å². The normalized spacial score (nSPS) is 17.5. The molecule has 1 saturated heterocycles. The molecule has 0 spiro atoms. The Bertz CT molecular complexity index is 704. The Kier molecular flexibility index (Phi) is 4.48. The predicted molar refractivity (Wildman–Crippen MR) is 89.4 cm³/mol. The zero-order chi connectivity index (χ0) is 16.2. The van der Waals surface area contributed by atoms with Crippen molar-refractivity contribution in [2.24, 2.45) is 0 Å². The summed E-state index contributed by atoms with van der Waals surface area (Å²) in [6.45, 7) is 0.890. The number of amides is 3. The van der Waals surface area contributed by atoms with E-state index in [4.69, 9.17) is 11.6 Å². The predicted octanol–water partition coefficient (Wildman–Crippen LogP) is 3.05. The molecule has 1 aliphatic rings. The molecule has 5 nitrogen and oxygen atoms in total. The molecule has 2 aromatic carbocycles. The third kappa shape index (κ3) is 3.46. The van der Waals surface area contributed by atoms with Gasteiger partial charge < -0.3 is 15.5 Å². The molecule has 2 aromatic rings. The van der Waals surface area contributed by atoms with E-state index in [-0.39, 0.29) is 11.9 Å². The molecule has 0 aliphatic carbocycles. The van der Waals surface area contributed by atoms with E-state index in [0.717, 1.165) is 5.56 Å². The minimum atomic E-state index is -0.628. The number of rotatable bonds is 2. The van der Waals surface area contributed by atoms with Crippen LogP contribution in [0.5, 0.6) is 0 Å². The highest BCUT2D eigenvalue weighted by Gasteiger charge is 2.34. The van der Waals surface area contributed by atoms with Crippen LogP contribution in [0.3, 0.4) is 0 Å². The Morgan fingerprint density at radius 1 is 1.13 bits per heavy atom. The van der Waals surface area contributed by atoms with Crippen molar-refractivity contribution in [3.8, 4) is 0 Å². The molecule has 1 fully saturated rings. The van der Waals surface area contributed by atoms with Crippen molar-refractivity contribution in [3.63, 3.8) is 0 Å². The third-order valence-corrected chi connectivity index (χ3v) is 3.94. The Balaban J connectivity index is 1.82. The van der Waals surface area contributed by atoms with Crippen LogP contribution in [0.4, 0.5) is 10.5 Å². The van der Waals surface area contributed by atoms with Gasteiger partial charge in [0.25, 0.3) is 0 Å². The highest BCUT2D eigenvalue weighted by molar-refractivity contribution is 6.30. The number of nitrogens with zero attached hydrogens (tertiary/aromatic N) is 1. The van der Waals surface area contributed by atoms with Gasteiger partial charge in [-0.15, -0.1) is 0 Å². The summed E-state index contributed by atoms with van der Waals surface area (Å²) in [7, 11) is 0. The summed E-state index contributed by atoms with van der Waals surface area (Å²) in [5.41, 5.74) is 1.42. The molecule has 1 atom stereocenters. The van der Waals surface area contributed by atoms with Crippen LogP contribution in [-0.4, -0.2) is 29.9 Å². The second kappa shape index (κ2) is 6.71. The van der Waals surface area contributed by atoms with E-state index in [1.54, 1.807) is 29.2 Å². The summed E-state index contributed by atoms with van der Waals surface area (Å²) in [5, 5.41) is 6.22. The summed E-state index contributed by atoms with van der Waals surface area (Å²) < 4.78 is 0. The van der Waals surface area contributed by atoms with E-state index < -0.39 is 6.04 Å². The maximum atomic E-state index is 12.6. The number of halogens is 1. The largest absolute Gasteiger partial charge is 0.352 e. The molecule has 2 N–H and O–H groups in total. The Labute approximate surface area is 139 Å². The first-order valence-electron chi connectivity index (χ1n) is 7.31. The lowest BCUT2D eigenvalue weighted by Gasteiger charge is -2.35. The number of nitrogens with one attached hydrogen (secondary N) is 2. The fourth-order valence-corrected chi connectivity index (χ4v) is 2.71. The summed E-state index contributed by atoms with van der Waals surface area (Å²) in [6.07, 6.45) is 0. The fourth-order valence-electron chi connectivity index (χ4n) is 2.58. The second-order valence-corrected chi connectivity index (χ2v) is 5.67. The number of carbonyl (C=O) groups excluding carboxylic acids is 2. The van der Waals surface area contributed by atoms with Crippen molar-refractivity contribution in [2.45, 2.75) is 6.04 Å². The lowest BCUT2D eigenvalue weighted by Crippen LogP contribution is -2.53. The van der Waals surface area contributed by atoms with Crippen LogP contribution in [0.15, 0.2) is 54.6 Å². The summed E-state index contributed by atoms with van der Waals surface area (Å²) in [6, 6.07) is 15.2. The van der Waals surface area contributed by atoms with Crippen molar-refractivity contribution in [1.29, 1.82) is 0 Å². The van der Waals surface area contributed by atoms with Gasteiger partial charge >= 0.3 is 6.03 Å². The molecular formula is C17H16ClN3O2. The molecule has 23 heavy (non-hydrogen) atoms. The highest BCUT2D eigenvalue weighted by Crippen LogP contribution is 2.24. The lowest BCUT2D eigenvalue weighted by atomic mass is 10.0. The molecule has 0 aromatic heterocycles. The molecule has 6 heteroatoms. The maximum absolute atomic E-state index is 12.6. The van der Waals surface area contributed by atoms with Gasteiger partial charge in [0.1, 0.15) is 6.04 Å². The Hall–Kier alpha value is -2.53. The SMILES string of the molecule is O=C1NCCN(C(=O)Nc2ccc(Cl)cc2)C1c1ccccc1. The van der Waals surface area contributed by atoms with Gasteiger partial charge in [-0.3, -0.25) is 4.79 Å². The number of hydrogen-bond acceptors (Lipinski definition) is 2. The van der Waals surface area contributed by atoms with E-state index in [1.165, 1.54) is 0 Å². The molecule has 1 aliphatic heterocycles. The summed E-state index contributed by atoms with van der Waals surface area (Å²) >= 11 is 5.84. The van der Waals surface area contributed by atoms with Crippen molar-refractivity contribution in [2.75, 3.05) is 18.4 Å². The summed E-state index contributed by atoms with van der Waals surface area (Å²) in [4.78, 5) is 26.4. The van der Waals surface area contributed by atoms with E-state index in [0.29, 0.717) is 23.8 Å². The molecule has 1 unspecified atom stereocenters. The number of hydrogen-bond donors (Lipinski definition) is 2. The van der Waals surface area contributed by atoms with Crippen LogP contribution in [0, 0.1) is 0 Å². The summed E-state index contributed by atoms with van der Waals surface area (Å²) in [5.74, 6) is -0.172. The van der Waals surface area contributed by atoms with Gasteiger partial charge in [0.15, 0.2) is 0 Å². The zero-order valence-electron chi connectivity index (χ0n) is 12.3. The van der Waals surface area contributed by atoms with E-state index in [9.17, 15) is 9.59 Å². The number of benzene rings is 2. The van der Waals surface area contributed by atoms with Crippen molar-refractivity contribution < 1.29 is 9.59 Å². The first-order valence-corrected chi connectivity index (χ1v) is 7.69. The quantitative estimate of drug-likeness (QED) is 0.889. The van der Waals surface area contributed by atoms with Gasteiger partial charge in [0.05, 0.1) is 0 Å². The topological polar surface area (TPSA) is 61.4 Å². The standard InChI is InChI=1S/C17H16ClN3O2/c18-13-6-8-14(9-7-13)20-17(23)21-11-10-19-16(22)15(21)12-4-2-1-3-5-12/h1-9,15H,10-11H2,(H,19,22)(H,20,23). The first kappa shape index (κ1) is 15.4. The number of carbonyl (C=O) groups is 2. The van der Waals surface area contributed by atoms with E-state index in [1.807, 2.05) is 30.3 Å². The van der Waals surface area contributed by atoms with E-state index in [2.05, 4.69) is 10.6 Å². The monoisotopic (exact) mass is 329 g/mol. The highest BCUT2D eigenvalue weighted by atomic mass is 35.5. The van der Waals surface area contributed by atoms with Crippen LogP contribution in [-0.2, 0) is 4.79 Å². The third-order valence-electron chi connectivity index (χ3n) is 3.68. The van der Waals surface area contributed by atoms with Crippen LogP contribution in [0.25, 0.3) is 0 Å². The molecule has 1 heterocycles. The lowest BCUT2D eigenvalue weighted by molar-refractivity contribution is -0.127. The van der Waals surface area contributed by atoms with Crippen molar-refractivity contribution in [3.05, 3.63) is 65.2 Å². The van der Waals surface area contributed by atoms with Crippen molar-refractivity contribution in [1.82, 2.24) is 10.2 Å². The smallest absolute Gasteiger partial charge is 0.322 e. The average Bonchev–Trinajstić information content (AvgIpc) is 2.57. The molecule has 0 radical (unpaired) electrons. The van der Waals surface area contributed by atoms with E-state index >= 15 is 0 Å². The van der Waals surface area contributed by atoms with Crippen LogP contribution in [0.1, 0.15) is 11.6 Å². The Morgan fingerprint density at radius 3 is 2.52 bits per heavy atom. The molecule has 3 amide bonds. The number of piperazine rings is 1. The van der Waals surface area contributed by atoms with Gasteiger partial charge in [-0.05, 0) is 29.8 Å². The van der Waals surface area contributed by atoms with Gasteiger partial charge in [0, 0.05) is 23.8 Å². The van der Waals surface area contributed by atoms with Gasteiger partial charge in [-0.25, -0.2) is 4.79 Å². The number of urea groups is 1. The van der Waals surface area contributed by atoms with Gasteiger partial charge in [-0.1, -0.05) is 41.9 Å². The van der Waals surface area contributed by atoms with Gasteiger partial charge in [0.2, 0.25) is 5.91 Å². The first-order chi connectivity index (χ1) is 11.1. The van der Waals surface area contributed by atoms with Gasteiger partial charge in [-0.2, -0.15) is 0 Å². The molecule has 0 saturated carbocycles. The minimum Gasteiger partial charge on any atom is -0.352 e. The minimum absolute atomic E-state index is 0.172. The molecule has 3 rings (SSSR count). The second-order valence-electron chi connectivity index (χ2n) is 5.23. The number of anilines is 1. The molecular weight excluding hydrogens is 314 g/mol. The average molecular weight is 330 g/mol. The molecule has 0 bridgehead atoms. The van der Waals surface area contributed by atoms with Crippen LogP contribution < -0.4 is 10.6 Å². The maximum Gasteiger partial charge on any atom is 0.322 e. The zero-order valence-corrected chi connectivity index (χ0v) is 13.1. The fraction of sp³-hybridized carbons (Fsp3) is 0.176.